The Kier molecular flexibility index (Phi) is 2.90. The zero-order chi connectivity index (χ0) is 12.4. The average Bonchev–Trinajstić information content (AvgIpc) is 2.99. The first-order chi connectivity index (χ1) is 8.83. The minimum Gasteiger partial charge on any atom is -0.228 e. The highest BCUT2D eigenvalue weighted by molar-refractivity contribution is 7.15. The Balaban J connectivity index is 1.84. The summed E-state index contributed by atoms with van der Waals surface area (Å²) in [6.45, 7) is 0. The molecular weight excluding hydrogens is 244 g/mol. The number of rotatable bonds is 3. The predicted molar refractivity (Wildman–Crippen MR) is 71.4 cm³/mol. The number of aryl methyl sites for hydroxylation is 1. The zero-order valence-electron chi connectivity index (χ0n) is 9.95. The molecule has 0 bridgehead atoms. The van der Waals surface area contributed by atoms with Gasteiger partial charge in [-0.05, 0) is 28.1 Å². The fourth-order valence-corrected chi connectivity index (χ4v) is 2.89. The summed E-state index contributed by atoms with van der Waals surface area (Å²) in [4.78, 5) is 2.42. The van der Waals surface area contributed by atoms with Gasteiger partial charge in [0, 0.05) is 18.3 Å². The van der Waals surface area contributed by atoms with E-state index in [1.54, 1.807) is 16.0 Å². The molecule has 3 rings (SSSR count). The van der Waals surface area contributed by atoms with Gasteiger partial charge in [0.1, 0.15) is 0 Å². The van der Waals surface area contributed by atoms with Crippen molar-refractivity contribution in [2.24, 2.45) is 7.05 Å². The lowest BCUT2D eigenvalue weighted by Crippen LogP contribution is -1.92. The van der Waals surface area contributed by atoms with Gasteiger partial charge in [-0.1, -0.05) is 30.3 Å². The summed E-state index contributed by atoms with van der Waals surface area (Å²) in [6, 6.07) is 14.7. The maximum absolute atomic E-state index is 4.02. The Labute approximate surface area is 109 Å². The second kappa shape index (κ2) is 4.70. The normalized spacial score (nSPS) is 10.7. The highest BCUT2D eigenvalue weighted by atomic mass is 32.1. The van der Waals surface area contributed by atoms with Crippen LogP contribution in [0.5, 0.6) is 0 Å². The molecule has 0 saturated carbocycles. The van der Waals surface area contributed by atoms with Crippen molar-refractivity contribution < 1.29 is 0 Å². The van der Waals surface area contributed by atoms with Crippen LogP contribution in [0.1, 0.15) is 10.4 Å². The Bertz CT molecular complexity index is 642. The lowest BCUT2D eigenvalue weighted by atomic mass is 10.1. The second-order valence-corrected chi connectivity index (χ2v) is 5.22. The lowest BCUT2D eigenvalue weighted by Gasteiger charge is -1.97. The second-order valence-electron chi connectivity index (χ2n) is 4.05. The maximum Gasteiger partial charge on any atom is 0.191 e. The molecule has 4 nitrogen and oxygen atoms in total. The first-order valence-corrected chi connectivity index (χ1v) is 6.50. The highest BCUT2D eigenvalue weighted by Crippen LogP contribution is 2.27. The molecule has 0 aliphatic carbocycles. The quantitative estimate of drug-likeness (QED) is 0.723. The first kappa shape index (κ1) is 11.1. The van der Waals surface area contributed by atoms with Crippen molar-refractivity contribution in [2.75, 3.05) is 0 Å². The Morgan fingerprint density at radius 2 is 1.94 bits per heavy atom. The molecule has 0 N–H and O–H groups in total. The number of benzene rings is 1. The summed E-state index contributed by atoms with van der Waals surface area (Å²) in [5.41, 5.74) is 1.32. The van der Waals surface area contributed by atoms with E-state index in [4.69, 9.17) is 0 Å². The van der Waals surface area contributed by atoms with E-state index in [0.29, 0.717) is 0 Å². The van der Waals surface area contributed by atoms with Gasteiger partial charge < -0.3 is 0 Å². The van der Waals surface area contributed by atoms with E-state index >= 15 is 0 Å². The Morgan fingerprint density at radius 1 is 1.11 bits per heavy atom. The lowest BCUT2D eigenvalue weighted by molar-refractivity contribution is 0.715. The van der Waals surface area contributed by atoms with Crippen molar-refractivity contribution in [3.05, 3.63) is 52.9 Å². The molecule has 0 saturated heterocycles. The molecule has 18 heavy (non-hydrogen) atoms. The van der Waals surface area contributed by atoms with E-state index in [0.717, 1.165) is 17.1 Å². The third-order valence-electron chi connectivity index (χ3n) is 2.72. The first-order valence-electron chi connectivity index (χ1n) is 5.68. The molecule has 3 aromatic rings. The van der Waals surface area contributed by atoms with Crippen molar-refractivity contribution in [3.63, 3.8) is 0 Å². The molecule has 0 unspecified atom stereocenters. The monoisotopic (exact) mass is 256 g/mol. The molecule has 1 aromatic carbocycles. The molecule has 0 radical (unpaired) electrons. The Hall–Kier alpha value is -2.01. The zero-order valence-corrected chi connectivity index (χ0v) is 10.8. The van der Waals surface area contributed by atoms with Gasteiger partial charge in [0.05, 0.1) is 4.88 Å². The third kappa shape index (κ3) is 2.17. The summed E-state index contributed by atoms with van der Waals surface area (Å²) >= 11 is 1.74. The predicted octanol–water partition coefficient (Wildman–Crippen LogP) is 2.53. The SMILES string of the molecule is Cn1nnnc1-c1ccc(Cc2ccccc2)s1. The average molecular weight is 256 g/mol. The topological polar surface area (TPSA) is 43.6 Å². The van der Waals surface area contributed by atoms with Gasteiger partial charge in [0.25, 0.3) is 0 Å². The summed E-state index contributed by atoms with van der Waals surface area (Å²) in [5.74, 6) is 0.819. The molecule has 0 aliphatic heterocycles. The van der Waals surface area contributed by atoms with Gasteiger partial charge in [-0.2, -0.15) is 0 Å². The Morgan fingerprint density at radius 3 is 2.67 bits per heavy atom. The summed E-state index contributed by atoms with van der Waals surface area (Å²) in [7, 11) is 1.85. The molecule has 0 amide bonds. The van der Waals surface area contributed by atoms with Crippen LogP contribution in [0, 0.1) is 0 Å². The van der Waals surface area contributed by atoms with E-state index in [2.05, 4.69) is 51.9 Å². The van der Waals surface area contributed by atoms with Crippen molar-refractivity contribution in [3.8, 4) is 10.7 Å². The van der Waals surface area contributed by atoms with Gasteiger partial charge in [-0.15, -0.1) is 16.4 Å². The van der Waals surface area contributed by atoms with Crippen LogP contribution in [-0.2, 0) is 13.5 Å². The van der Waals surface area contributed by atoms with Gasteiger partial charge in [-0.25, -0.2) is 4.68 Å². The molecule has 90 valence electrons. The van der Waals surface area contributed by atoms with Gasteiger partial charge in [-0.3, -0.25) is 0 Å². The van der Waals surface area contributed by atoms with Gasteiger partial charge in [0.2, 0.25) is 0 Å². The van der Waals surface area contributed by atoms with E-state index in [1.165, 1.54) is 10.4 Å². The number of nitrogens with zero attached hydrogens (tertiary/aromatic N) is 4. The molecule has 0 spiro atoms. The number of tetrazole rings is 1. The minimum absolute atomic E-state index is 0.819. The van der Waals surface area contributed by atoms with Crippen LogP contribution in [0.15, 0.2) is 42.5 Å². The van der Waals surface area contributed by atoms with Crippen LogP contribution in [0.3, 0.4) is 0 Å². The number of hydrogen-bond donors (Lipinski definition) is 0. The van der Waals surface area contributed by atoms with Crippen molar-refractivity contribution in [1.82, 2.24) is 20.2 Å². The van der Waals surface area contributed by atoms with Crippen LogP contribution >= 0.6 is 11.3 Å². The molecule has 0 aliphatic rings. The third-order valence-corrected chi connectivity index (χ3v) is 3.80. The number of hydrogen-bond acceptors (Lipinski definition) is 4. The highest BCUT2D eigenvalue weighted by Gasteiger charge is 2.09. The summed E-state index contributed by atoms with van der Waals surface area (Å²) in [5, 5.41) is 11.5. The molecule has 0 atom stereocenters. The van der Waals surface area contributed by atoms with E-state index in [9.17, 15) is 0 Å². The fraction of sp³-hybridized carbons (Fsp3) is 0.154. The smallest absolute Gasteiger partial charge is 0.191 e. The minimum atomic E-state index is 0.819. The summed E-state index contributed by atoms with van der Waals surface area (Å²) < 4.78 is 1.69. The van der Waals surface area contributed by atoms with Gasteiger partial charge in [0.15, 0.2) is 5.82 Å². The summed E-state index contributed by atoms with van der Waals surface area (Å²) in [6.07, 6.45) is 0.955. The van der Waals surface area contributed by atoms with E-state index < -0.39 is 0 Å². The standard InChI is InChI=1S/C13H12N4S/c1-17-13(14-15-16-17)12-8-7-11(18-12)9-10-5-3-2-4-6-10/h2-8H,9H2,1H3. The van der Waals surface area contributed by atoms with Crippen molar-refractivity contribution in [1.29, 1.82) is 0 Å². The van der Waals surface area contributed by atoms with Crippen molar-refractivity contribution in [2.45, 2.75) is 6.42 Å². The fourth-order valence-electron chi connectivity index (χ4n) is 1.83. The van der Waals surface area contributed by atoms with Crippen molar-refractivity contribution >= 4 is 11.3 Å². The maximum atomic E-state index is 4.02. The van der Waals surface area contributed by atoms with Crippen LogP contribution < -0.4 is 0 Å². The number of thiophene rings is 1. The molecule has 2 aromatic heterocycles. The van der Waals surface area contributed by atoms with Crippen LogP contribution in [-0.4, -0.2) is 20.2 Å². The molecular formula is C13H12N4S. The van der Waals surface area contributed by atoms with Gasteiger partial charge >= 0.3 is 0 Å². The molecule has 5 heteroatoms. The van der Waals surface area contributed by atoms with Crippen LogP contribution in [0.4, 0.5) is 0 Å². The van der Waals surface area contributed by atoms with Crippen LogP contribution in [0.2, 0.25) is 0 Å². The largest absolute Gasteiger partial charge is 0.228 e. The number of aromatic nitrogens is 4. The molecule has 2 heterocycles. The van der Waals surface area contributed by atoms with Crippen LogP contribution in [0.25, 0.3) is 10.7 Å². The van der Waals surface area contributed by atoms with E-state index in [1.807, 2.05) is 13.1 Å². The molecule has 0 fully saturated rings. The van der Waals surface area contributed by atoms with E-state index in [-0.39, 0.29) is 0 Å².